The van der Waals surface area contributed by atoms with Crippen LogP contribution in [0.25, 0.3) is 0 Å². The standard InChI is InChI=1S/C15H30O2/c1-3-5-7-9-11-14(16)13-15(17)12-10-8-6-4-2/h9,11,14-17H,3-8,10,12-13H2,1-2H3/b11-9+/t14-,15-/m0/s1. The van der Waals surface area contributed by atoms with Gasteiger partial charge >= 0.3 is 0 Å². The summed E-state index contributed by atoms with van der Waals surface area (Å²) in [6.45, 7) is 4.34. The zero-order chi connectivity index (χ0) is 12.9. The van der Waals surface area contributed by atoms with Crippen LogP contribution >= 0.6 is 0 Å². The first-order chi connectivity index (χ1) is 8.20. The molecule has 2 atom stereocenters. The molecule has 0 aromatic carbocycles. The molecule has 0 fully saturated rings. The molecule has 0 radical (unpaired) electrons. The summed E-state index contributed by atoms with van der Waals surface area (Å²) in [6, 6.07) is 0. The lowest BCUT2D eigenvalue weighted by Crippen LogP contribution is -2.15. The van der Waals surface area contributed by atoms with Crippen LogP contribution in [-0.4, -0.2) is 22.4 Å². The van der Waals surface area contributed by atoms with Crippen LogP contribution in [0, 0.1) is 0 Å². The van der Waals surface area contributed by atoms with Gasteiger partial charge in [-0.1, -0.05) is 64.5 Å². The average molecular weight is 242 g/mol. The van der Waals surface area contributed by atoms with E-state index in [2.05, 4.69) is 13.8 Å². The Bertz CT molecular complexity index is 178. The van der Waals surface area contributed by atoms with Gasteiger partial charge in [0, 0.05) is 6.42 Å². The minimum absolute atomic E-state index is 0.349. The van der Waals surface area contributed by atoms with E-state index in [1.807, 2.05) is 12.2 Å². The van der Waals surface area contributed by atoms with Crippen LogP contribution in [-0.2, 0) is 0 Å². The molecule has 2 N–H and O–H groups in total. The van der Waals surface area contributed by atoms with E-state index in [4.69, 9.17) is 0 Å². The summed E-state index contributed by atoms with van der Waals surface area (Å²) in [7, 11) is 0. The summed E-state index contributed by atoms with van der Waals surface area (Å²) in [6.07, 6.45) is 12.4. The van der Waals surface area contributed by atoms with Gasteiger partial charge in [-0.15, -0.1) is 0 Å². The van der Waals surface area contributed by atoms with Crippen molar-refractivity contribution in [1.82, 2.24) is 0 Å². The van der Waals surface area contributed by atoms with E-state index >= 15 is 0 Å². The third-order valence-corrected chi connectivity index (χ3v) is 2.99. The smallest absolute Gasteiger partial charge is 0.0745 e. The largest absolute Gasteiger partial charge is 0.393 e. The van der Waals surface area contributed by atoms with Crippen molar-refractivity contribution in [3.63, 3.8) is 0 Å². The molecule has 0 saturated heterocycles. The number of aliphatic hydroxyl groups is 2. The third-order valence-electron chi connectivity index (χ3n) is 2.99. The van der Waals surface area contributed by atoms with Gasteiger partial charge in [0.15, 0.2) is 0 Å². The third kappa shape index (κ3) is 11.9. The second kappa shape index (κ2) is 12.1. The molecular formula is C15H30O2. The normalized spacial score (nSPS) is 15.3. The van der Waals surface area contributed by atoms with Crippen molar-refractivity contribution in [1.29, 1.82) is 0 Å². The second-order valence-corrected chi connectivity index (χ2v) is 4.88. The molecule has 0 aromatic rings. The fourth-order valence-corrected chi connectivity index (χ4v) is 1.86. The van der Waals surface area contributed by atoms with Crippen molar-refractivity contribution < 1.29 is 10.2 Å². The molecular weight excluding hydrogens is 212 g/mol. The molecule has 0 aromatic heterocycles. The second-order valence-electron chi connectivity index (χ2n) is 4.88. The summed E-state index contributed by atoms with van der Waals surface area (Å²) in [4.78, 5) is 0. The molecule has 0 rings (SSSR count). The molecule has 0 aliphatic heterocycles. The van der Waals surface area contributed by atoms with Crippen molar-refractivity contribution in [2.75, 3.05) is 0 Å². The van der Waals surface area contributed by atoms with Gasteiger partial charge in [-0.3, -0.25) is 0 Å². The number of aliphatic hydroxyl groups excluding tert-OH is 2. The highest BCUT2D eigenvalue weighted by Crippen LogP contribution is 2.10. The predicted molar refractivity (Wildman–Crippen MR) is 74.1 cm³/mol. The first kappa shape index (κ1) is 16.7. The average Bonchev–Trinajstić information content (AvgIpc) is 2.30. The molecule has 102 valence electrons. The Morgan fingerprint density at radius 1 is 0.941 bits per heavy atom. The van der Waals surface area contributed by atoms with Crippen LogP contribution in [0.15, 0.2) is 12.2 Å². The van der Waals surface area contributed by atoms with Crippen LogP contribution in [0.5, 0.6) is 0 Å². The van der Waals surface area contributed by atoms with E-state index in [1.165, 1.54) is 32.1 Å². The Hall–Kier alpha value is -0.340. The molecule has 0 bridgehead atoms. The first-order valence-electron chi connectivity index (χ1n) is 7.23. The topological polar surface area (TPSA) is 40.5 Å². The molecule has 17 heavy (non-hydrogen) atoms. The van der Waals surface area contributed by atoms with Gasteiger partial charge in [0.2, 0.25) is 0 Å². The van der Waals surface area contributed by atoms with E-state index < -0.39 is 6.10 Å². The molecule has 0 amide bonds. The number of rotatable bonds is 11. The van der Waals surface area contributed by atoms with Crippen LogP contribution < -0.4 is 0 Å². The number of unbranched alkanes of at least 4 members (excludes halogenated alkanes) is 5. The molecule has 0 spiro atoms. The lowest BCUT2D eigenvalue weighted by Gasteiger charge is -2.12. The van der Waals surface area contributed by atoms with Crippen LogP contribution in [0.3, 0.4) is 0 Å². The van der Waals surface area contributed by atoms with Crippen LogP contribution in [0.4, 0.5) is 0 Å². The zero-order valence-electron chi connectivity index (χ0n) is 11.6. The SMILES string of the molecule is CCCC/C=C/[C@H](O)C[C@@H](O)CCCCCC. The summed E-state index contributed by atoms with van der Waals surface area (Å²) in [5, 5.41) is 19.4. The summed E-state index contributed by atoms with van der Waals surface area (Å²) in [5.74, 6) is 0. The van der Waals surface area contributed by atoms with E-state index in [0.29, 0.717) is 6.42 Å². The zero-order valence-corrected chi connectivity index (χ0v) is 11.6. The molecule has 0 heterocycles. The molecule has 2 nitrogen and oxygen atoms in total. The number of allylic oxidation sites excluding steroid dienone is 1. The maximum atomic E-state index is 9.73. The molecule has 0 unspecified atom stereocenters. The van der Waals surface area contributed by atoms with Crippen molar-refractivity contribution in [2.45, 2.75) is 83.8 Å². The molecule has 2 heteroatoms. The van der Waals surface area contributed by atoms with E-state index in [0.717, 1.165) is 19.3 Å². The predicted octanol–water partition coefficient (Wildman–Crippen LogP) is 3.82. The van der Waals surface area contributed by atoms with Gasteiger partial charge < -0.3 is 10.2 Å². The van der Waals surface area contributed by atoms with Crippen molar-refractivity contribution in [2.24, 2.45) is 0 Å². The number of hydrogen-bond donors (Lipinski definition) is 2. The highest BCUT2D eigenvalue weighted by molar-refractivity contribution is 4.89. The lowest BCUT2D eigenvalue weighted by molar-refractivity contribution is 0.0956. The Labute approximate surface area is 107 Å². The van der Waals surface area contributed by atoms with Crippen LogP contribution in [0.2, 0.25) is 0 Å². The van der Waals surface area contributed by atoms with Gasteiger partial charge in [-0.25, -0.2) is 0 Å². The Morgan fingerprint density at radius 2 is 1.65 bits per heavy atom. The van der Waals surface area contributed by atoms with Gasteiger partial charge in [0.25, 0.3) is 0 Å². The van der Waals surface area contributed by atoms with Gasteiger partial charge in [0.05, 0.1) is 12.2 Å². The molecule has 0 aliphatic rings. The lowest BCUT2D eigenvalue weighted by atomic mass is 10.0. The van der Waals surface area contributed by atoms with Crippen molar-refractivity contribution in [3.05, 3.63) is 12.2 Å². The van der Waals surface area contributed by atoms with E-state index in [9.17, 15) is 10.2 Å². The van der Waals surface area contributed by atoms with Gasteiger partial charge in [0.1, 0.15) is 0 Å². The van der Waals surface area contributed by atoms with E-state index in [-0.39, 0.29) is 6.10 Å². The number of hydrogen-bond acceptors (Lipinski definition) is 2. The molecule has 0 aliphatic carbocycles. The summed E-state index contributed by atoms with van der Waals surface area (Å²) in [5.41, 5.74) is 0. The maximum Gasteiger partial charge on any atom is 0.0745 e. The minimum atomic E-state index is -0.479. The van der Waals surface area contributed by atoms with Gasteiger partial charge in [-0.05, 0) is 12.8 Å². The minimum Gasteiger partial charge on any atom is -0.393 e. The fourth-order valence-electron chi connectivity index (χ4n) is 1.86. The van der Waals surface area contributed by atoms with E-state index in [1.54, 1.807) is 0 Å². The van der Waals surface area contributed by atoms with Crippen molar-refractivity contribution in [3.8, 4) is 0 Å². The monoisotopic (exact) mass is 242 g/mol. The summed E-state index contributed by atoms with van der Waals surface area (Å²) < 4.78 is 0. The first-order valence-corrected chi connectivity index (χ1v) is 7.23. The fraction of sp³-hybridized carbons (Fsp3) is 0.867. The van der Waals surface area contributed by atoms with Gasteiger partial charge in [-0.2, -0.15) is 0 Å². The Morgan fingerprint density at radius 3 is 2.29 bits per heavy atom. The van der Waals surface area contributed by atoms with Crippen LogP contribution in [0.1, 0.15) is 71.6 Å². The summed E-state index contributed by atoms with van der Waals surface area (Å²) >= 11 is 0. The Balaban J connectivity index is 3.50. The van der Waals surface area contributed by atoms with Crippen molar-refractivity contribution >= 4 is 0 Å². The molecule has 0 saturated carbocycles. The maximum absolute atomic E-state index is 9.73. The Kier molecular flexibility index (Phi) is 11.9. The highest BCUT2D eigenvalue weighted by atomic mass is 16.3. The highest BCUT2D eigenvalue weighted by Gasteiger charge is 2.08. The quantitative estimate of drug-likeness (QED) is 0.427.